The molecule has 0 N–H and O–H groups in total. The summed E-state index contributed by atoms with van der Waals surface area (Å²) in [6, 6.07) is 0. The topological polar surface area (TPSA) is 17.1 Å². The Morgan fingerprint density at radius 2 is 2.56 bits per heavy atom. The molecule has 0 bridgehead atoms. The maximum Gasteiger partial charge on any atom is 0.139 e. The molecule has 0 aromatic heterocycles. The van der Waals surface area contributed by atoms with Crippen LogP contribution in [0.3, 0.4) is 0 Å². The van der Waals surface area contributed by atoms with E-state index in [1.54, 1.807) is 0 Å². The Balaban J connectivity index is 2.43. The van der Waals surface area contributed by atoms with Gasteiger partial charge in [-0.05, 0) is 12.8 Å². The van der Waals surface area contributed by atoms with Crippen molar-refractivity contribution in [2.45, 2.75) is 26.2 Å². The Bertz CT molecular complexity index is 136. The summed E-state index contributed by atoms with van der Waals surface area (Å²) in [5.74, 6) is 0.652. The lowest BCUT2D eigenvalue weighted by Crippen LogP contribution is -2.06. The Hall–Kier alpha value is -0.590. The Kier molecular flexibility index (Phi) is 2.04. The van der Waals surface area contributed by atoms with Crippen LogP contribution < -0.4 is 0 Å². The lowest BCUT2D eigenvalue weighted by atomic mass is 10.0. The number of rotatable bonds is 2. The summed E-state index contributed by atoms with van der Waals surface area (Å²) in [6.07, 6.45) is 6.96. The molecular weight excluding hydrogens is 112 g/mol. The van der Waals surface area contributed by atoms with Crippen LogP contribution in [-0.2, 0) is 4.79 Å². The van der Waals surface area contributed by atoms with Crippen LogP contribution in [0, 0.1) is 5.92 Å². The first-order valence-corrected chi connectivity index (χ1v) is 3.54. The molecule has 0 saturated heterocycles. The van der Waals surface area contributed by atoms with Crippen molar-refractivity contribution in [1.82, 2.24) is 0 Å². The molecular formula is C8H12O. The summed E-state index contributed by atoms with van der Waals surface area (Å²) in [5.41, 5.74) is 0. The quantitative estimate of drug-likeness (QED) is 0.514. The molecule has 1 rings (SSSR count). The van der Waals surface area contributed by atoms with Gasteiger partial charge in [-0.2, -0.15) is 0 Å². The molecule has 50 valence electrons. The van der Waals surface area contributed by atoms with E-state index in [-0.39, 0.29) is 5.92 Å². The molecule has 0 fully saturated rings. The Morgan fingerprint density at radius 1 is 1.78 bits per heavy atom. The van der Waals surface area contributed by atoms with Crippen LogP contribution in [-0.4, -0.2) is 5.78 Å². The van der Waals surface area contributed by atoms with E-state index in [4.69, 9.17) is 0 Å². The number of allylic oxidation sites excluding steroid dienone is 2. The molecule has 1 unspecified atom stereocenters. The first kappa shape index (κ1) is 6.53. The van der Waals surface area contributed by atoms with Crippen LogP contribution in [0.2, 0.25) is 0 Å². The highest BCUT2D eigenvalue weighted by atomic mass is 16.1. The van der Waals surface area contributed by atoms with E-state index in [9.17, 15) is 4.79 Å². The highest BCUT2D eigenvalue weighted by Crippen LogP contribution is 2.18. The predicted octanol–water partition coefficient (Wildman–Crippen LogP) is 1.93. The third kappa shape index (κ3) is 1.41. The number of carbonyl (C=O) groups excluding carboxylic acids is 1. The molecule has 0 aliphatic heterocycles. The molecule has 0 radical (unpaired) electrons. The number of Topliss-reactive ketones (excluding diaryl/α,β-unsaturated/α-hetero) is 1. The van der Waals surface area contributed by atoms with E-state index in [1.807, 2.05) is 13.0 Å². The molecule has 1 heteroatoms. The lowest BCUT2D eigenvalue weighted by molar-refractivity contribution is -0.121. The molecule has 1 aliphatic carbocycles. The number of carbonyl (C=O) groups is 1. The number of ketones is 1. The maximum absolute atomic E-state index is 11.0. The predicted molar refractivity (Wildman–Crippen MR) is 37.2 cm³/mol. The standard InChI is InChI=1S/C8H12O/c1-2-8(9)7-5-3-4-6-7/h3,5,7H,2,4,6H2,1H3. The van der Waals surface area contributed by atoms with Crippen LogP contribution in [0.1, 0.15) is 26.2 Å². The van der Waals surface area contributed by atoms with Crippen molar-refractivity contribution in [3.8, 4) is 0 Å². The zero-order chi connectivity index (χ0) is 6.69. The molecule has 0 saturated carbocycles. The fraction of sp³-hybridized carbons (Fsp3) is 0.625. The van der Waals surface area contributed by atoms with Crippen molar-refractivity contribution < 1.29 is 4.79 Å². The molecule has 0 amide bonds. The van der Waals surface area contributed by atoms with Crippen molar-refractivity contribution in [3.05, 3.63) is 12.2 Å². The van der Waals surface area contributed by atoms with Gasteiger partial charge < -0.3 is 0 Å². The summed E-state index contributed by atoms with van der Waals surface area (Å²) in [7, 11) is 0. The largest absolute Gasteiger partial charge is 0.299 e. The van der Waals surface area contributed by atoms with Gasteiger partial charge in [0.2, 0.25) is 0 Å². The second-order valence-electron chi connectivity index (χ2n) is 2.43. The minimum atomic E-state index is 0.259. The summed E-state index contributed by atoms with van der Waals surface area (Å²) < 4.78 is 0. The average Bonchev–Trinajstić information content (AvgIpc) is 2.37. The van der Waals surface area contributed by atoms with Gasteiger partial charge in [0.05, 0.1) is 0 Å². The average molecular weight is 124 g/mol. The van der Waals surface area contributed by atoms with Crippen molar-refractivity contribution in [1.29, 1.82) is 0 Å². The van der Waals surface area contributed by atoms with E-state index in [1.165, 1.54) is 0 Å². The van der Waals surface area contributed by atoms with E-state index < -0.39 is 0 Å². The summed E-state index contributed by atoms with van der Waals surface area (Å²) in [5, 5.41) is 0. The van der Waals surface area contributed by atoms with Gasteiger partial charge in [-0.25, -0.2) is 0 Å². The van der Waals surface area contributed by atoms with Gasteiger partial charge in [0, 0.05) is 12.3 Å². The van der Waals surface area contributed by atoms with E-state index in [2.05, 4.69) is 6.08 Å². The molecule has 0 aromatic rings. The number of hydrogen-bond donors (Lipinski definition) is 0. The fourth-order valence-electron chi connectivity index (χ4n) is 1.16. The zero-order valence-corrected chi connectivity index (χ0v) is 5.76. The van der Waals surface area contributed by atoms with Crippen molar-refractivity contribution in [2.24, 2.45) is 5.92 Å². The van der Waals surface area contributed by atoms with Gasteiger partial charge in [0.25, 0.3) is 0 Å². The van der Waals surface area contributed by atoms with Gasteiger partial charge in [-0.15, -0.1) is 0 Å². The monoisotopic (exact) mass is 124 g/mol. The van der Waals surface area contributed by atoms with E-state index in [0.29, 0.717) is 12.2 Å². The summed E-state index contributed by atoms with van der Waals surface area (Å²) in [6.45, 7) is 1.93. The SMILES string of the molecule is CCC(=O)C1C=CCC1. The fourth-order valence-corrected chi connectivity index (χ4v) is 1.16. The minimum Gasteiger partial charge on any atom is -0.299 e. The van der Waals surface area contributed by atoms with Crippen LogP contribution in [0.25, 0.3) is 0 Å². The van der Waals surface area contributed by atoms with Crippen LogP contribution >= 0.6 is 0 Å². The third-order valence-electron chi connectivity index (χ3n) is 1.77. The molecule has 1 nitrogen and oxygen atoms in total. The summed E-state index contributed by atoms with van der Waals surface area (Å²) >= 11 is 0. The smallest absolute Gasteiger partial charge is 0.139 e. The summed E-state index contributed by atoms with van der Waals surface area (Å²) in [4.78, 5) is 11.0. The van der Waals surface area contributed by atoms with Crippen molar-refractivity contribution in [3.63, 3.8) is 0 Å². The Morgan fingerprint density at radius 3 is 3.00 bits per heavy atom. The molecule has 0 aromatic carbocycles. The van der Waals surface area contributed by atoms with Crippen LogP contribution in [0.15, 0.2) is 12.2 Å². The second kappa shape index (κ2) is 2.81. The normalized spacial score (nSPS) is 24.8. The molecule has 1 atom stereocenters. The first-order chi connectivity index (χ1) is 4.34. The van der Waals surface area contributed by atoms with Gasteiger partial charge in [-0.1, -0.05) is 19.1 Å². The van der Waals surface area contributed by atoms with E-state index in [0.717, 1.165) is 12.8 Å². The minimum absolute atomic E-state index is 0.259. The first-order valence-electron chi connectivity index (χ1n) is 3.54. The van der Waals surface area contributed by atoms with Crippen molar-refractivity contribution >= 4 is 5.78 Å². The maximum atomic E-state index is 11.0. The highest BCUT2D eigenvalue weighted by molar-refractivity contribution is 5.82. The zero-order valence-electron chi connectivity index (χ0n) is 5.76. The molecule has 1 aliphatic rings. The van der Waals surface area contributed by atoms with Gasteiger partial charge in [0.15, 0.2) is 0 Å². The number of hydrogen-bond acceptors (Lipinski definition) is 1. The van der Waals surface area contributed by atoms with Gasteiger partial charge in [0.1, 0.15) is 5.78 Å². The van der Waals surface area contributed by atoms with Crippen LogP contribution in [0.5, 0.6) is 0 Å². The molecule has 9 heavy (non-hydrogen) atoms. The van der Waals surface area contributed by atoms with E-state index >= 15 is 0 Å². The second-order valence-corrected chi connectivity index (χ2v) is 2.43. The van der Waals surface area contributed by atoms with Crippen molar-refractivity contribution in [2.75, 3.05) is 0 Å². The molecule has 0 spiro atoms. The van der Waals surface area contributed by atoms with Crippen LogP contribution in [0.4, 0.5) is 0 Å². The van der Waals surface area contributed by atoms with Gasteiger partial charge >= 0.3 is 0 Å². The Labute approximate surface area is 55.8 Å². The highest BCUT2D eigenvalue weighted by Gasteiger charge is 2.15. The lowest BCUT2D eigenvalue weighted by Gasteiger charge is -2.01. The van der Waals surface area contributed by atoms with Gasteiger partial charge in [-0.3, -0.25) is 4.79 Å². The third-order valence-corrected chi connectivity index (χ3v) is 1.77. The molecule has 0 heterocycles.